The highest BCUT2D eigenvalue weighted by Crippen LogP contribution is 2.14. The standard InChI is InChI=1S/C13H18ClN3O/c14-11-4-1-10(2-5-11)3-6-12-9-16-7-8-17(12)13(15)18/h1-2,4-5,12,16H,3,6-9H2,(H2,15,18). The lowest BCUT2D eigenvalue weighted by atomic mass is 10.0. The van der Waals surface area contributed by atoms with Gasteiger partial charge >= 0.3 is 6.03 Å². The summed E-state index contributed by atoms with van der Waals surface area (Å²) in [5.41, 5.74) is 6.62. The first-order chi connectivity index (χ1) is 8.66. The van der Waals surface area contributed by atoms with Crippen molar-refractivity contribution < 1.29 is 4.79 Å². The molecule has 0 spiro atoms. The van der Waals surface area contributed by atoms with Gasteiger partial charge in [0.05, 0.1) is 0 Å². The van der Waals surface area contributed by atoms with Gasteiger partial charge in [-0.05, 0) is 30.5 Å². The number of primary amides is 1. The lowest BCUT2D eigenvalue weighted by molar-refractivity contribution is 0.162. The van der Waals surface area contributed by atoms with Crippen LogP contribution in [0, 0.1) is 0 Å². The molecule has 0 bridgehead atoms. The molecule has 3 N–H and O–H groups in total. The van der Waals surface area contributed by atoms with E-state index < -0.39 is 0 Å². The van der Waals surface area contributed by atoms with Gasteiger partial charge in [0, 0.05) is 30.7 Å². The van der Waals surface area contributed by atoms with Crippen molar-refractivity contribution in [2.75, 3.05) is 19.6 Å². The second kappa shape index (κ2) is 6.07. The van der Waals surface area contributed by atoms with Gasteiger partial charge in [0.15, 0.2) is 0 Å². The molecule has 0 saturated carbocycles. The molecular weight excluding hydrogens is 250 g/mol. The third kappa shape index (κ3) is 3.37. The number of hydrogen-bond donors (Lipinski definition) is 2. The molecule has 1 aliphatic heterocycles. The maximum atomic E-state index is 11.3. The van der Waals surface area contributed by atoms with Gasteiger partial charge in [-0.25, -0.2) is 4.79 Å². The molecule has 98 valence electrons. The van der Waals surface area contributed by atoms with E-state index >= 15 is 0 Å². The summed E-state index contributed by atoms with van der Waals surface area (Å²) in [4.78, 5) is 13.1. The smallest absolute Gasteiger partial charge is 0.315 e. The number of amides is 2. The molecule has 1 saturated heterocycles. The van der Waals surface area contributed by atoms with Crippen molar-refractivity contribution in [1.82, 2.24) is 10.2 Å². The fourth-order valence-electron chi connectivity index (χ4n) is 2.29. The largest absolute Gasteiger partial charge is 0.351 e. The van der Waals surface area contributed by atoms with Crippen LogP contribution in [0.25, 0.3) is 0 Å². The molecule has 0 radical (unpaired) electrons. The fourth-order valence-corrected chi connectivity index (χ4v) is 2.42. The summed E-state index contributed by atoms with van der Waals surface area (Å²) in [6, 6.07) is 7.69. The minimum atomic E-state index is -0.322. The first-order valence-corrected chi connectivity index (χ1v) is 6.56. The molecule has 1 aromatic carbocycles. The summed E-state index contributed by atoms with van der Waals surface area (Å²) in [5, 5.41) is 4.04. The predicted molar refractivity (Wildman–Crippen MR) is 72.7 cm³/mol. The normalized spacial score (nSPS) is 19.8. The molecule has 1 atom stereocenters. The molecule has 2 rings (SSSR count). The Kier molecular flexibility index (Phi) is 4.44. The Morgan fingerprint density at radius 1 is 1.44 bits per heavy atom. The Morgan fingerprint density at radius 2 is 2.17 bits per heavy atom. The van der Waals surface area contributed by atoms with Gasteiger partial charge in [0.1, 0.15) is 0 Å². The van der Waals surface area contributed by atoms with Gasteiger partial charge in [-0.3, -0.25) is 0 Å². The number of carbonyl (C=O) groups excluding carboxylic acids is 1. The van der Waals surface area contributed by atoms with Crippen molar-refractivity contribution in [2.45, 2.75) is 18.9 Å². The number of piperazine rings is 1. The molecular formula is C13H18ClN3O. The van der Waals surface area contributed by atoms with E-state index in [1.54, 1.807) is 4.90 Å². The van der Waals surface area contributed by atoms with Crippen molar-refractivity contribution in [1.29, 1.82) is 0 Å². The summed E-state index contributed by atoms with van der Waals surface area (Å²) < 4.78 is 0. The summed E-state index contributed by atoms with van der Waals surface area (Å²) in [5.74, 6) is 0. The maximum Gasteiger partial charge on any atom is 0.315 e. The first kappa shape index (κ1) is 13.2. The number of halogens is 1. The van der Waals surface area contributed by atoms with Crippen LogP contribution in [0.1, 0.15) is 12.0 Å². The highest BCUT2D eigenvalue weighted by Gasteiger charge is 2.24. The van der Waals surface area contributed by atoms with Crippen molar-refractivity contribution in [3.63, 3.8) is 0 Å². The highest BCUT2D eigenvalue weighted by molar-refractivity contribution is 6.30. The minimum Gasteiger partial charge on any atom is -0.351 e. The molecule has 0 aromatic heterocycles. The van der Waals surface area contributed by atoms with Crippen LogP contribution in [-0.4, -0.2) is 36.6 Å². The Morgan fingerprint density at radius 3 is 2.83 bits per heavy atom. The number of nitrogens with zero attached hydrogens (tertiary/aromatic N) is 1. The molecule has 1 aromatic rings. The monoisotopic (exact) mass is 267 g/mol. The highest BCUT2D eigenvalue weighted by atomic mass is 35.5. The third-order valence-corrected chi connectivity index (χ3v) is 3.56. The van der Waals surface area contributed by atoms with Gasteiger partial charge in [-0.2, -0.15) is 0 Å². The van der Waals surface area contributed by atoms with E-state index in [-0.39, 0.29) is 12.1 Å². The maximum absolute atomic E-state index is 11.3. The van der Waals surface area contributed by atoms with Crippen molar-refractivity contribution in [2.24, 2.45) is 5.73 Å². The van der Waals surface area contributed by atoms with Gasteiger partial charge < -0.3 is 16.0 Å². The molecule has 18 heavy (non-hydrogen) atoms. The van der Waals surface area contributed by atoms with E-state index in [2.05, 4.69) is 5.32 Å². The minimum absolute atomic E-state index is 0.187. The number of urea groups is 1. The number of hydrogen-bond acceptors (Lipinski definition) is 2. The van der Waals surface area contributed by atoms with E-state index in [1.165, 1.54) is 5.56 Å². The molecule has 5 heteroatoms. The lowest BCUT2D eigenvalue weighted by Crippen LogP contribution is -2.55. The van der Waals surface area contributed by atoms with E-state index in [9.17, 15) is 4.79 Å². The second-order valence-electron chi connectivity index (χ2n) is 4.55. The SMILES string of the molecule is NC(=O)N1CCNCC1CCc1ccc(Cl)cc1. The van der Waals surface area contributed by atoms with Gasteiger partial charge in [0.25, 0.3) is 0 Å². The third-order valence-electron chi connectivity index (χ3n) is 3.31. The van der Waals surface area contributed by atoms with Crippen LogP contribution >= 0.6 is 11.6 Å². The average Bonchev–Trinajstić information content (AvgIpc) is 2.38. The molecule has 1 fully saturated rings. The average molecular weight is 268 g/mol. The number of nitrogens with one attached hydrogen (secondary N) is 1. The lowest BCUT2D eigenvalue weighted by Gasteiger charge is -2.35. The van der Waals surface area contributed by atoms with Crippen LogP contribution in [0.2, 0.25) is 5.02 Å². The van der Waals surface area contributed by atoms with Crippen LogP contribution in [0.15, 0.2) is 24.3 Å². The predicted octanol–water partition coefficient (Wildman–Crippen LogP) is 1.63. The Bertz CT molecular complexity index is 407. The van der Waals surface area contributed by atoms with Crippen molar-refractivity contribution in [3.8, 4) is 0 Å². The Labute approximate surface area is 112 Å². The van der Waals surface area contributed by atoms with Crippen molar-refractivity contribution >= 4 is 17.6 Å². The van der Waals surface area contributed by atoms with Crippen LogP contribution in [-0.2, 0) is 6.42 Å². The Balaban J connectivity index is 1.91. The van der Waals surface area contributed by atoms with Crippen LogP contribution in [0.5, 0.6) is 0 Å². The molecule has 1 unspecified atom stereocenters. The number of benzene rings is 1. The number of rotatable bonds is 3. The first-order valence-electron chi connectivity index (χ1n) is 6.18. The topological polar surface area (TPSA) is 58.4 Å². The van der Waals surface area contributed by atoms with Crippen molar-refractivity contribution in [3.05, 3.63) is 34.9 Å². The van der Waals surface area contributed by atoms with Gasteiger partial charge in [0.2, 0.25) is 0 Å². The molecule has 0 aliphatic carbocycles. The molecule has 1 heterocycles. The van der Waals surface area contributed by atoms with E-state index in [0.29, 0.717) is 6.54 Å². The van der Waals surface area contributed by atoms with E-state index in [1.807, 2.05) is 24.3 Å². The number of nitrogens with two attached hydrogens (primary N) is 1. The summed E-state index contributed by atoms with van der Waals surface area (Å²) in [7, 11) is 0. The number of aryl methyl sites for hydroxylation is 1. The molecule has 1 aliphatic rings. The van der Waals surface area contributed by atoms with Crippen LogP contribution < -0.4 is 11.1 Å². The van der Waals surface area contributed by atoms with Gasteiger partial charge in [-0.15, -0.1) is 0 Å². The zero-order chi connectivity index (χ0) is 13.0. The number of carbonyl (C=O) groups is 1. The summed E-state index contributed by atoms with van der Waals surface area (Å²) in [6.07, 6.45) is 1.84. The van der Waals surface area contributed by atoms with Gasteiger partial charge in [-0.1, -0.05) is 23.7 Å². The molecule has 2 amide bonds. The van der Waals surface area contributed by atoms with E-state index in [4.69, 9.17) is 17.3 Å². The summed E-state index contributed by atoms with van der Waals surface area (Å²) >= 11 is 5.85. The van der Waals surface area contributed by atoms with Crippen LogP contribution in [0.3, 0.4) is 0 Å². The molecule has 4 nitrogen and oxygen atoms in total. The fraction of sp³-hybridized carbons (Fsp3) is 0.462. The Hall–Kier alpha value is -1.26. The quantitative estimate of drug-likeness (QED) is 0.874. The zero-order valence-corrected chi connectivity index (χ0v) is 11.0. The second-order valence-corrected chi connectivity index (χ2v) is 4.99. The van der Waals surface area contributed by atoms with Crippen LogP contribution in [0.4, 0.5) is 4.79 Å². The van der Waals surface area contributed by atoms with E-state index in [0.717, 1.165) is 31.0 Å². The zero-order valence-electron chi connectivity index (χ0n) is 10.2. The summed E-state index contributed by atoms with van der Waals surface area (Å²) in [6.45, 7) is 2.33.